The molecule has 0 atom stereocenters. The molecule has 2 aromatic rings. The molecule has 0 aliphatic carbocycles. The van der Waals surface area contributed by atoms with Gasteiger partial charge in [-0.05, 0) is 37.5 Å². The van der Waals surface area contributed by atoms with Gasteiger partial charge in [-0.2, -0.15) is 0 Å². The first-order chi connectivity index (χ1) is 15.4. The number of nitrogens with one attached hydrogen (secondary N) is 1. The van der Waals surface area contributed by atoms with Crippen molar-refractivity contribution in [2.45, 2.75) is 37.5 Å². The highest BCUT2D eigenvalue weighted by Crippen LogP contribution is 2.24. The zero-order chi connectivity index (χ0) is 23.1. The summed E-state index contributed by atoms with van der Waals surface area (Å²) in [7, 11) is 0. The quantitative estimate of drug-likeness (QED) is 0.324. The minimum atomic E-state index is -0.565. The van der Waals surface area contributed by atoms with Gasteiger partial charge in [0.1, 0.15) is 11.4 Å². The molecule has 1 aliphatic rings. The molecular formula is C21H25Cl2N5O3S. The lowest BCUT2D eigenvalue weighted by Gasteiger charge is -2.32. The third-order valence-electron chi connectivity index (χ3n) is 4.97. The summed E-state index contributed by atoms with van der Waals surface area (Å²) < 4.78 is 4.90. The second-order valence-corrected chi connectivity index (χ2v) is 9.08. The van der Waals surface area contributed by atoms with Crippen LogP contribution in [0.4, 0.5) is 5.82 Å². The summed E-state index contributed by atoms with van der Waals surface area (Å²) in [5.74, 6) is -0.447. The first kappa shape index (κ1) is 24.6. The predicted octanol–water partition coefficient (Wildman–Crippen LogP) is 3.42. The molecule has 8 nitrogen and oxygen atoms in total. The first-order valence-corrected chi connectivity index (χ1v) is 12.0. The van der Waals surface area contributed by atoms with Crippen molar-refractivity contribution in [3.63, 3.8) is 0 Å². The maximum Gasteiger partial charge on any atom is 0.343 e. The highest BCUT2D eigenvalue weighted by atomic mass is 35.5. The van der Waals surface area contributed by atoms with E-state index in [2.05, 4.69) is 20.2 Å². The van der Waals surface area contributed by atoms with Gasteiger partial charge in [0.05, 0.1) is 22.4 Å². The van der Waals surface area contributed by atoms with Gasteiger partial charge in [0.25, 0.3) is 0 Å². The van der Waals surface area contributed by atoms with Gasteiger partial charge < -0.3 is 15.8 Å². The maximum atomic E-state index is 12.3. The molecule has 1 fully saturated rings. The Morgan fingerprint density at radius 2 is 2.03 bits per heavy atom. The van der Waals surface area contributed by atoms with Crippen molar-refractivity contribution in [1.29, 1.82) is 0 Å². The molecule has 1 amide bonds. The van der Waals surface area contributed by atoms with Crippen molar-refractivity contribution in [2.75, 3.05) is 31.2 Å². The molecule has 0 unspecified atom stereocenters. The zero-order valence-electron chi connectivity index (χ0n) is 17.6. The number of carbonyl (C=O) groups is 2. The molecular weight excluding hydrogens is 473 g/mol. The molecule has 0 spiro atoms. The number of aromatic nitrogens is 2. The molecule has 11 heteroatoms. The van der Waals surface area contributed by atoms with Crippen LogP contribution in [0.5, 0.6) is 0 Å². The van der Waals surface area contributed by atoms with Crippen molar-refractivity contribution in [1.82, 2.24) is 20.2 Å². The SMILES string of the molecule is CCOC(=O)c1cnc(SCC(=O)NC2CCN(Cc3ccc(Cl)c(Cl)c3)CC2)nc1N. The maximum absolute atomic E-state index is 12.3. The number of rotatable bonds is 8. The molecule has 0 bridgehead atoms. The Morgan fingerprint density at radius 3 is 2.69 bits per heavy atom. The fourth-order valence-corrected chi connectivity index (χ4v) is 4.30. The number of thioether (sulfide) groups is 1. The predicted molar refractivity (Wildman–Crippen MR) is 126 cm³/mol. The molecule has 32 heavy (non-hydrogen) atoms. The van der Waals surface area contributed by atoms with E-state index in [0.717, 1.165) is 38.0 Å². The molecule has 3 N–H and O–H groups in total. The number of hydrogen-bond donors (Lipinski definition) is 2. The van der Waals surface area contributed by atoms with Gasteiger partial charge in [-0.15, -0.1) is 0 Å². The van der Waals surface area contributed by atoms with Gasteiger partial charge in [-0.1, -0.05) is 41.0 Å². The summed E-state index contributed by atoms with van der Waals surface area (Å²) in [6, 6.07) is 5.81. The summed E-state index contributed by atoms with van der Waals surface area (Å²) >= 11 is 13.2. The number of nitrogens with zero attached hydrogens (tertiary/aromatic N) is 3. The van der Waals surface area contributed by atoms with E-state index in [4.69, 9.17) is 33.7 Å². The Hall–Kier alpha value is -2.07. The van der Waals surface area contributed by atoms with Crippen molar-refractivity contribution < 1.29 is 14.3 Å². The monoisotopic (exact) mass is 497 g/mol. The fourth-order valence-electron chi connectivity index (χ4n) is 3.34. The molecule has 1 aliphatic heterocycles. The van der Waals surface area contributed by atoms with Crippen LogP contribution in [0.25, 0.3) is 0 Å². The number of carbonyl (C=O) groups excluding carboxylic acids is 2. The smallest absolute Gasteiger partial charge is 0.343 e. The average Bonchev–Trinajstić information content (AvgIpc) is 2.76. The Labute approximate surface area is 201 Å². The van der Waals surface area contributed by atoms with Crippen LogP contribution in [0, 0.1) is 0 Å². The normalized spacial score (nSPS) is 14.8. The van der Waals surface area contributed by atoms with Crippen LogP contribution >= 0.6 is 35.0 Å². The molecule has 3 rings (SSSR count). The van der Waals surface area contributed by atoms with Crippen LogP contribution < -0.4 is 11.1 Å². The summed E-state index contributed by atoms with van der Waals surface area (Å²) in [5, 5.41) is 4.51. The molecule has 1 aromatic carbocycles. The van der Waals surface area contributed by atoms with E-state index in [1.54, 1.807) is 6.92 Å². The van der Waals surface area contributed by atoms with Crippen molar-refractivity contribution >= 4 is 52.7 Å². The zero-order valence-corrected chi connectivity index (χ0v) is 20.0. The van der Waals surface area contributed by atoms with Gasteiger partial charge in [-0.3, -0.25) is 9.69 Å². The van der Waals surface area contributed by atoms with Crippen LogP contribution in [-0.2, 0) is 16.1 Å². The molecule has 1 saturated heterocycles. The van der Waals surface area contributed by atoms with Crippen molar-refractivity contribution in [3.8, 4) is 0 Å². The van der Waals surface area contributed by atoms with Gasteiger partial charge >= 0.3 is 5.97 Å². The van der Waals surface area contributed by atoms with E-state index >= 15 is 0 Å². The Balaban J connectivity index is 1.41. The summed E-state index contributed by atoms with van der Waals surface area (Å²) in [6.07, 6.45) is 3.06. The topological polar surface area (TPSA) is 110 Å². The first-order valence-electron chi connectivity index (χ1n) is 10.2. The minimum absolute atomic E-state index is 0.0377. The lowest BCUT2D eigenvalue weighted by molar-refractivity contribution is -0.119. The van der Waals surface area contributed by atoms with E-state index < -0.39 is 5.97 Å². The van der Waals surface area contributed by atoms with Gasteiger partial charge in [0, 0.05) is 31.9 Å². The lowest BCUT2D eigenvalue weighted by atomic mass is 10.0. The van der Waals surface area contributed by atoms with E-state index in [0.29, 0.717) is 15.2 Å². The lowest BCUT2D eigenvalue weighted by Crippen LogP contribution is -2.44. The number of piperidine rings is 1. The molecule has 172 valence electrons. The van der Waals surface area contributed by atoms with Crippen LogP contribution in [0.1, 0.15) is 35.7 Å². The number of ether oxygens (including phenoxy) is 1. The second kappa shape index (κ2) is 11.7. The van der Waals surface area contributed by atoms with E-state index in [9.17, 15) is 9.59 Å². The van der Waals surface area contributed by atoms with Crippen LogP contribution in [0.3, 0.4) is 0 Å². The minimum Gasteiger partial charge on any atom is -0.462 e. The standard InChI is InChI=1S/C21H25Cl2N5O3S/c1-2-31-20(30)15-10-25-21(27-19(15)24)32-12-18(29)26-14-5-7-28(8-6-14)11-13-3-4-16(22)17(23)9-13/h3-4,9-10,14H,2,5-8,11-12H2,1H3,(H,26,29)(H2,24,25,27). The van der Waals surface area contributed by atoms with Crippen LogP contribution in [0.2, 0.25) is 10.0 Å². The molecule has 1 aromatic heterocycles. The summed E-state index contributed by atoms with van der Waals surface area (Å²) in [6.45, 7) is 4.51. The van der Waals surface area contributed by atoms with E-state index in [-0.39, 0.29) is 35.7 Å². The largest absolute Gasteiger partial charge is 0.462 e. The Kier molecular flexibility index (Phi) is 8.98. The fraction of sp³-hybridized carbons (Fsp3) is 0.429. The number of amides is 1. The number of anilines is 1. The highest BCUT2D eigenvalue weighted by Gasteiger charge is 2.21. The van der Waals surface area contributed by atoms with Crippen LogP contribution in [0.15, 0.2) is 29.6 Å². The Morgan fingerprint density at radius 1 is 1.28 bits per heavy atom. The number of nitrogens with two attached hydrogens (primary N) is 1. The van der Waals surface area contributed by atoms with Gasteiger partial charge in [0.2, 0.25) is 5.91 Å². The summed E-state index contributed by atoms with van der Waals surface area (Å²) in [5.41, 5.74) is 7.04. The van der Waals surface area contributed by atoms with Gasteiger partial charge in [0.15, 0.2) is 5.16 Å². The summed E-state index contributed by atoms with van der Waals surface area (Å²) in [4.78, 5) is 34.6. The second-order valence-electron chi connectivity index (χ2n) is 7.33. The van der Waals surface area contributed by atoms with Crippen LogP contribution in [-0.4, -0.2) is 58.2 Å². The van der Waals surface area contributed by atoms with Crippen molar-refractivity contribution in [3.05, 3.63) is 45.6 Å². The van der Waals surface area contributed by atoms with Gasteiger partial charge in [-0.25, -0.2) is 14.8 Å². The molecule has 0 radical (unpaired) electrons. The van der Waals surface area contributed by atoms with E-state index in [1.165, 1.54) is 18.0 Å². The number of nitrogen functional groups attached to an aromatic ring is 1. The van der Waals surface area contributed by atoms with Crippen molar-refractivity contribution in [2.24, 2.45) is 0 Å². The average molecular weight is 498 g/mol. The number of benzene rings is 1. The highest BCUT2D eigenvalue weighted by molar-refractivity contribution is 7.99. The third-order valence-corrected chi connectivity index (χ3v) is 6.57. The number of likely N-dealkylation sites (tertiary alicyclic amines) is 1. The third kappa shape index (κ3) is 6.96. The molecule has 2 heterocycles. The number of esters is 1. The van der Waals surface area contributed by atoms with E-state index in [1.807, 2.05) is 18.2 Å². The molecule has 0 saturated carbocycles. The number of hydrogen-bond acceptors (Lipinski definition) is 8. The number of halogens is 2. The Bertz CT molecular complexity index is 970.